The molecular weight excluding hydrogens is 424 g/mol. The second-order valence-electron chi connectivity index (χ2n) is 8.25. The number of rotatable bonds is 6. The summed E-state index contributed by atoms with van der Waals surface area (Å²) in [5, 5.41) is 1.88. The van der Waals surface area contributed by atoms with Crippen LogP contribution >= 0.6 is 0 Å². The van der Waals surface area contributed by atoms with Gasteiger partial charge in [-0.25, -0.2) is 8.42 Å². The summed E-state index contributed by atoms with van der Waals surface area (Å²) in [7, 11) is -0.280. The number of carbonyl (C=O) groups is 1. The molecule has 0 aliphatic carbocycles. The number of carbonyl (C=O) groups excluding carboxylic acids is 1. The first kappa shape index (κ1) is 22.3. The van der Waals surface area contributed by atoms with Gasteiger partial charge in [0.2, 0.25) is 15.9 Å². The summed E-state index contributed by atoms with van der Waals surface area (Å²) in [6.07, 6.45) is 1.36. The van der Waals surface area contributed by atoms with E-state index in [1.165, 1.54) is 4.31 Å². The second kappa shape index (κ2) is 9.30. The molecule has 6 nitrogen and oxygen atoms in total. The quantitative estimate of drug-likeness (QED) is 0.569. The zero-order valence-electron chi connectivity index (χ0n) is 18.4. The van der Waals surface area contributed by atoms with Crippen LogP contribution in [0.2, 0.25) is 0 Å². The predicted octanol–water partition coefficient (Wildman–Crippen LogP) is 3.91. The van der Waals surface area contributed by atoms with Crippen LogP contribution in [0.1, 0.15) is 18.4 Å². The molecule has 0 aromatic heterocycles. The van der Waals surface area contributed by atoms with Gasteiger partial charge in [0.15, 0.2) is 0 Å². The molecule has 0 spiro atoms. The molecule has 168 valence electrons. The number of benzene rings is 3. The monoisotopic (exact) mass is 452 g/mol. The van der Waals surface area contributed by atoms with E-state index in [0.29, 0.717) is 25.9 Å². The third-order valence-corrected chi connectivity index (χ3v) is 7.91. The Kier molecular flexibility index (Phi) is 6.48. The Hall–Kier alpha value is -2.90. The van der Waals surface area contributed by atoms with E-state index >= 15 is 0 Å². The number of hydrogen-bond donors (Lipinski definition) is 0. The van der Waals surface area contributed by atoms with Gasteiger partial charge in [-0.1, -0.05) is 42.5 Å². The molecule has 0 saturated carbocycles. The van der Waals surface area contributed by atoms with E-state index in [2.05, 4.69) is 0 Å². The number of hydrogen-bond acceptors (Lipinski definition) is 4. The van der Waals surface area contributed by atoms with Crippen LogP contribution in [0.25, 0.3) is 10.8 Å². The normalized spacial score (nSPS) is 17.2. The molecule has 0 N–H and O–H groups in total. The van der Waals surface area contributed by atoms with E-state index < -0.39 is 10.0 Å². The van der Waals surface area contributed by atoms with Crippen LogP contribution in [0.15, 0.2) is 71.6 Å². The Morgan fingerprint density at radius 1 is 1.06 bits per heavy atom. The summed E-state index contributed by atoms with van der Waals surface area (Å²) in [6, 6.07) is 20.5. The summed E-state index contributed by atoms with van der Waals surface area (Å²) in [5.74, 6) is 0.394. The van der Waals surface area contributed by atoms with E-state index in [9.17, 15) is 13.2 Å². The van der Waals surface area contributed by atoms with Crippen molar-refractivity contribution in [2.45, 2.75) is 24.3 Å². The fourth-order valence-electron chi connectivity index (χ4n) is 4.23. The van der Waals surface area contributed by atoms with Gasteiger partial charge in [0.1, 0.15) is 5.75 Å². The maximum atomic E-state index is 13.3. The lowest BCUT2D eigenvalue weighted by atomic mass is 9.98. The van der Waals surface area contributed by atoms with Gasteiger partial charge in [0.25, 0.3) is 0 Å². The first-order valence-electron chi connectivity index (χ1n) is 10.8. The molecule has 1 atom stereocenters. The maximum absolute atomic E-state index is 13.3. The van der Waals surface area contributed by atoms with Crippen LogP contribution in [0.3, 0.4) is 0 Å². The zero-order chi connectivity index (χ0) is 22.7. The Bertz CT molecular complexity index is 1210. The molecule has 1 saturated heterocycles. The second-order valence-corrected chi connectivity index (χ2v) is 10.2. The van der Waals surface area contributed by atoms with Gasteiger partial charge in [0, 0.05) is 26.7 Å². The van der Waals surface area contributed by atoms with Gasteiger partial charge in [-0.3, -0.25) is 4.79 Å². The smallest absolute Gasteiger partial charge is 0.243 e. The number of methoxy groups -OCH3 is 1. The average Bonchev–Trinajstić information content (AvgIpc) is 2.83. The van der Waals surface area contributed by atoms with E-state index in [-0.39, 0.29) is 23.3 Å². The molecule has 1 aliphatic rings. The molecule has 4 rings (SSSR count). The molecule has 1 fully saturated rings. The van der Waals surface area contributed by atoms with Crippen LogP contribution in [0, 0.1) is 5.92 Å². The van der Waals surface area contributed by atoms with E-state index in [1.807, 2.05) is 54.6 Å². The van der Waals surface area contributed by atoms with Crippen molar-refractivity contribution in [1.29, 1.82) is 0 Å². The Morgan fingerprint density at radius 3 is 2.50 bits per heavy atom. The van der Waals surface area contributed by atoms with Crippen molar-refractivity contribution < 1.29 is 17.9 Å². The third-order valence-electron chi connectivity index (χ3n) is 6.05. The number of nitrogens with zero attached hydrogens (tertiary/aromatic N) is 2. The Balaban J connectivity index is 1.46. The van der Waals surface area contributed by atoms with E-state index in [1.54, 1.807) is 31.2 Å². The molecule has 1 unspecified atom stereocenters. The van der Waals surface area contributed by atoms with Crippen molar-refractivity contribution in [2.24, 2.45) is 5.92 Å². The molecule has 0 radical (unpaired) electrons. The molecule has 7 heteroatoms. The van der Waals surface area contributed by atoms with Crippen molar-refractivity contribution in [3.05, 3.63) is 72.3 Å². The predicted molar refractivity (Wildman–Crippen MR) is 125 cm³/mol. The summed E-state index contributed by atoms with van der Waals surface area (Å²) in [5.41, 5.74) is 0.998. The number of ether oxygens (including phenoxy) is 1. The van der Waals surface area contributed by atoms with Gasteiger partial charge in [-0.15, -0.1) is 0 Å². The highest BCUT2D eigenvalue weighted by atomic mass is 32.2. The minimum atomic E-state index is -3.66. The molecule has 3 aromatic carbocycles. The maximum Gasteiger partial charge on any atom is 0.243 e. The van der Waals surface area contributed by atoms with Crippen molar-refractivity contribution in [2.75, 3.05) is 27.2 Å². The Morgan fingerprint density at radius 2 is 1.78 bits per heavy atom. The summed E-state index contributed by atoms with van der Waals surface area (Å²) in [4.78, 5) is 15.0. The first-order chi connectivity index (χ1) is 15.4. The molecular formula is C25H28N2O4S. The lowest BCUT2D eigenvalue weighted by Crippen LogP contribution is -2.45. The van der Waals surface area contributed by atoms with Crippen molar-refractivity contribution in [1.82, 2.24) is 9.21 Å². The van der Waals surface area contributed by atoms with E-state index in [4.69, 9.17) is 4.74 Å². The van der Waals surface area contributed by atoms with Gasteiger partial charge in [0.05, 0.1) is 17.9 Å². The first-order valence-corrected chi connectivity index (χ1v) is 12.2. The standard InChI is InChI=1S/C25H28N2O4S/c1-26(17-19-9-12-23(31-2)13-10-19)25(28)22-8-5-15-27(18-22)32(29,30)24-14-11-20-6-3-4-7-21(20)16-24/h3-4,6-7,9-14,16,22H,5,8,15,17-18H2,1-2H3. The van der Waals surface area contributed by atoms with Crippen LogP contribution in [0.5, 0.6) is 5.75 Å². The summed E-state index contributed by atoms with van der Waals surface area (Å²) < 4.78 is 33.3. The lowest BCUT2D eigenvalue weighted by molar-refractivity contribution is -0.135. The highest BCUT2D eigenvalue weighted by Crippen LogP contribution is 2.27. The summed E-state index contributed by atoms with van der Waals surface area (Å²) >= 11 is 0. The number of fused-ring (bicyclic) bond motifs is 1. The van der Waals surface area contributed by atoms with Crippen molar-refractivity contribution in [3.8, 4) is 5.75 Å². The van der Waals surface area contributed by atoms with Crippen molar-refractivity contribution >= 4 is 26.7 Å². The minimum Gasteiger partial charge on any atom is -0.497 e. The van der Waals surface area contributed by atoms with Gasteiger partial charge in [-0.2, -0.15) is 4.31 Å². The average molecular weight is 453 g/mol. The fourth-order valence-corrected chi connectivity index (χ4v) is 5.79. The molecule has 3 aromatic rings. The molecule has 0 bridgehead atoms. The van der Waals surface area contributed by atoms with Gasteiger partial charge < -0.3 is 9.64 Å². The SMILES string of the molecule is COc1ccc(CN(C)C(=O)C2CCCN(S(=O)(=O)c3ccc4ccccc4c3)C2)cc1. The van der Waals surface area contributed by atoms with Crippen molar-refractivity contribution in [3.63, 3.8) is 0 Å². The van der Waals surface area contributed by atoms with Crippen LogP contribution in [-0.2, 0) is 21.4 Å². The number of sulfonamides is 1. The lowest BCUT2D eigenvalue weighted by Gasteiger charge is -2.33. The van der Waals surface area contributed by atoms with E-state index in [0.717, 1.165) is 22.1 Å². The largest absolute Gasteiger partial charge is 0.497 e. The molecule has 32 heavy (non-hydrogen) atoms. The highest BCUT2D eigenvalue weighted by Gasteiger charge is 2.34. The molecule has 1 heterocycles. The molecule has 1 amide bonds. The van der Waals surface area contributed by atoms with Gasteiger partial charge >= 0.3 is 0 Å². The fraction of sp³-hybridized carbons (Fsp3) is 0.320. The minimum absolute atomic E-state index is 0.0285. The van der Waals surface area contributed by atoms with Crippen LogP contribution < -0.4 is 4.74 Å². The highest BCUT2D eigenvalue weighted by molar-refractivity contribution is 7.89. The summed E-state index contributed by atoms with van der Waals surface area (Å²) in [6.45, 7) is 1.11. The zero-order valence-corrected chi connectivity index (χ0v) is 19.2. The third kappa shape index (κ3) is 4.64. The topological polar surface area (TPSA) is 66.9 Å². The Labute approximate surface area is 189 Å². The number of amides is 1. The van der Waals surface area contributed by atoms with Crippen LogP contribution in [-0.4, -0.2) is 50.8 Å². The van der Waals surface area contributed by atoms with Gasteiger partial charge in [-0.05, 0) is 53.4 Å². The number of piperidine rings is 1. The van der Waals surface area contributed by atoms with Crippen LogP contribution in [0.4, 0.5) is 0 Å². The molecule has 1 aliphatic heterocycles.